The first-order valence-electron chi connectivity index (χ1n) is 10.5. The number of thiophene rings is 1. The van der Waals surface area contributed by atoms with Gasteiger partial charge >= 0.3 is 0 Å². The van der Waals surface area contributed by atoms with E-state index in [4.69, 9.17) is 11.6 Å². The van der Waals surface area contributed by atoms with Crippen LogP contribution in [0.1, 0.15) is 22.5 Å². The molecule has 0 atom stereocenters. The number of imidazole rings is 1. The summed E-state index contributed by atoms with van der Waals surface area (Å²) in [5, 5.41) is 5.55. The van der Waals surface area contributed by atoms with Crippen LogP contribution in [0.25, 0.3) is 22.4 Å². The Morgan fingerprint density at radius 1 is 1.09 bits per heavy atom. The molecule has 0 bridgehead atoms. The molecule has 0 aliphatic carbocycles. The fourth-order valence-corrected chi connectivity index (χ4v) is 4.93. The third kappa shape index (κ3) is 4.13. The van der Waals surface area contributed by atoms with Crippen LogP contribution in [-0.2, 0) is 4.79 Å². The number of hydrogen-bond acceptors (Lipinski definition) is 4. The number of aromatic amines is 1. The number of benzene rings is 2. The third-order valence-corrected chi connectivity index (χ3v) is 6.95. The number of fused-ring (bicyclic) bond motifs is 1. The first kappa shape index (κ1) is 20.7. The van der Waals surface area contributed by atoms with Crippen molar-refractivity contribution in [3.8, 4) is 11.4 Å². The second-order valence-corrected chi connectivity index (χ2v) is 9.19. The van der Waals surface area contributed by atoms with Crippen LogP contribution in [0.2, 0.25) is 5.02 Å². The maximum absolute atomic E-state index is 12.8. The lowest BCUT2D eigenvalue weighted by Crippen LogP contribution is -2.41. The second kappa shape index (κ2) is 8.76. The smallest absolute Gasteiger partial charge is 0.263 e. The molecule has 162 valence electrons. The van der Waals surface area contributed by atoms with E-state index >= 15 is 0 Å². The van der Waals surface area contributed by atoms with Crippen molar-refractivity contribution >= 4 is 51.5 Å². The lowest BCUT2D eigenvalue weighted by molar-refractivity contribution is -0.121. The number of carbonyl (C=O) groups is 2. The molecule has 8 heteroatoms. The molecule has 2 aromatic carbocycles. The van der Waals surface area contributed by atoms with Crippen molar-refractivity contribution in [1.29, 1.82) is 0 Å². The molecule has 5 rings (SSSR count). The number of anilines is 1. The monoisotopic (exact) mass is 464 g/mol. The lowest BCUT2D eigenvalue weighted by Gasteiger charge is -2.31. The molecule has 0 saturated carbocycles. The van der Waals surface area contributed by atoms with Gasteiger partial charge in [-0.05, 0) is 54.6 Å². The van der Waals surface area contributed by atoms with Gasteiger partial charge in [-0.3, -0.25) is 9.59 Å². The quantitative estimate of drug-likeness (QED) is 0.422. The van der Waals surface area contributed by atoms with E-state index in [0.29, 0.717) is 42.5 Å². The van der Waals surface area contributed by atoms with Crippen molar-refractivity contribution in [2.75, 3.05) is 18.4 Å². The van der Waals surface area contributed by atoms with Crippen LogP contribution in [0.5, 0.6) is 0 Å². The average molecular weight is 465 g/mol. The van der Waals surface area contributed by atoms with Crippen molar-refractivity contribution in [3.05, 3.63) is 69.9 Å². The number of nitrogens with zero attached hydrogens (tertiary/aromatic N) is 2. The molecule has 2 N–H and O–H groups in total. The summed E-state index contributed by atoms with van der Waals surface area (Å²) in [6, 6.07) is 16.9. The molecule has 1 saturated heterocycles. The van der Waals surface area contributed by atoms with Crippen LogP contribution in [0.4, 0.5) is 5.69 Å². The van der Waals surface area contributed by atoms with E-state index in [2.05, 4.69) is 15.3 Å². The third-order valence-electron chi connectivity index (χ3n) is 5.76. The topological polar surface area (TPSA) is 78.1 Å². The molecule has 2 amide bonds. The largest absolute Gasteiger partial charge is 0.338 e. The maximum atomic E-state index is 12.8. The highest BCUT2D eigenvalue weighted by molar-refractivity contribution is 7.12. The van der Waals surface area contributed by atoms with Gasteiger partial charge in [-0.2, -0.15) is 0 Å². The van der Waals surface area contributed by atoms with Gasteiger partial charge in [-0.15, -0.1) is 11.3 Å². The fourth-order valence-electron chi connectivity index (χ4n) is 4.01. The summed E-state index contributed by atoms with van der Waals surface area (Å²) in [5.41, 5.74) is 3.18. The highest BCUT2D eigenvalue weighted by atomic mass is 35.5. The van der Waals surface area contributed by atoms with Crippen LogP contribution >= 0.6 is 22.9 Å². The maximum Gasteiger partial charge on any atom is 0.263 e. The fraction of sp³-hybridized carbons (Fsp3) is 0.208. The minimum absolute atomic E-state index is 0.0154. The number of nitrogens with one attached hydrogen (secondary N) is 2. The van der Waals surface area contributed by atoms with Gasteiger partial charge in [0.25, 0.3) is 5.91 Å². The molecular formula is C24H21ClN4O2S. The van der Waals surface area contributed by atoms with Gasteiger partial charge in [0.15, 0.2) is 0 Å². The first-order valence-corrected chi connectivity index (χ1v) is 11.7. The number of halogens is 1. The van der Waals surface area contributed by atoms with E-state index in [1.807, 2.05) is 64.9 Å². The highest BCUT2D eigenvalue weighted by Crippen LogP contribution is 2.28. The Balaban J connectivity index is 1.24. The summed E-state index contributed by atoms with van der Waals surface area (Å²) in [6.07, 6.45) is 1.32. The van der Waals surface area contributed by atoms with Crippen molar-refractivity contribution in [2.24, 2.45) is 5.92 Å². The summed E-state index contributed by atoms with van der Waals surface area (Å²) in [4.78, 5) is 35.8. The number of aromatic nitrogens is 2. The number of rotatable bonds is 4. The Morgan fingerprint density at radius 2 is 1.91 bits per heavy atom. The highest BCUT2D eigenvalue weighted by Gasteiger charge is 2.28. The molecule has 1 aliphatic heterocycles. The van der Waals surface area contributed by atoms with Crippen LogP contribution in [-0.4, -0.2) is 39.8 Å². The zero-order chi connectivity index (χ0) is 22.1. The number of likely N-dealkylation sites (tertiary alicyclic amines) is 1. The van der Waals surface area contributed by atoms with E-state index in [-0.39, 0.29) is 17.7 Å². The van der Waals surface area contributed by atoms with E-state index in [1.165, 1.54) is 11.3 Å². The molecule has 6 nitrogen and oxygen atoms in total. The van der Waals surface area contributed by atoms with Crippen LogP contribution in [0, 0.1) is 5.92 Å². The number of hydrogen-bond donors (Lipinski definition) is 2. The Kier molecular flexibility index (Phi) is 5.68. The second-order valence-electron chi connectivity index (χ2n) is 7.83. The zero-order valence-corrected chi connectivity index (χ0v) is 18.7. The molecule has 2 aromatic heterocycles. The molecule has 3 heterocycles. The molecule has 1 fully saturated rings. The number of amides is 2. The van der Waals surface area contributed by atoms with Crippen molar-refractivity contribution in [1.82, 2.24) is 14.9 Å². The van der Waals surface area contributed by atoms with Crippen molar-refractivity contribution in [2.45, 2.75) is 12.8 Å². The first-order chi connectivity index (χ1) is 15.6. The van der Waals surface area contributed by atoms with Crippen molar-refractivity contribution in [3.63, 3.8) is 0 Å². The minimum Gasteiger partial charge on any atom is -0.338 e. The standard InChI is InChI=1S/C24H21ClN4O2S/c25-18-5-2-1-4-17(18)22-27-19-8-7-16(14-20(19)28-22)26-23(30)15-9-11-29(12-10-15)24(31)21-6-3-13-32-21/h1-8,13-15H,9-12H2,(H,26,30)(H,27,28). The zero-order valence-electron chi connectivity index (χ0n) is 17.2. The molecule has 0 unspecified atom stereocenters. The van der Waals surface area contributed by atoms with Crippen LogP contribution in [0.3, 0.4) is 0 Å². The summed E-state index contributed by atoms with van der Waals surface area (Å²) in [7, 11) is 0. The molecule has 32 heavy (non-hydrogen) atoms. The molecular weight excluding hydrogens is 444 g/mol. The van der Waals surface area contributed by atoms with Crippen LogP contribution in [0.15, 0.2) is 60.0 Å². The Bertz CT molecular complexity index is 1280. The van der Waals surface area contributed by atoms with E-state index < -0.39 is 0 Å². The molecule has 1 aliphatic rings. The van der Waals surface area contributed by atoms with Gasteiger partial charge in [0.05, 0.1) is 20.9 Å². The number of piperidine rings is 1. The summed E-state index contributed by atoms with van der Waals surface area (Å²) in [5.74, 6) is 0.617. The lowest BCUT2D eigenvalue weighted by atomic mass is 9.95. The van der Waals surface area contributed by atoms with Gasteiger partial charge < -0.3 is 15.2 Å². The van der Waals surface area contributed by atoms with E-state index in [9.17, 15) is 9.59 Å². The minimum atomic E-state index is -0.112. The van der Waals surface area contributed by atoms with Gasteiger partial charge in [0.2, 0.25) is 5.91 Å². The molecule has 0 radical (unpaired) electrons. The van der Waals surface area contributed by atoms with Gasteiger partial charge in [0.1, 0.15) is 5.82 Å². The predicted octanol–water partition coefficient (Wildman–Crippen LogP) is 5.44. The predicted molar refractivity (Wildman–Crippen MR) is 128 cm³/mol. The van der Waals surface area contributed by atoms with E-state index in [0.717, 1.165) is 21.5 Å². The Morgan fingerprint density at radius 3 is 2.66 bits per heavy atom. The Hall–Kier alpha value is -3.16. The number of H-pyrrole nitrogens is 1. The van der Waals surface area contributed by atoms with E-state index in [1.54, 1.807) is 0 Å². The summed E-state index contributed by atoms with van der Waals surface area (Å²) < 4.78 is 0. The van der Waals surface area contributed by atoms with Gasteiger partial charge in [-0.25, -0.2) is 4.98 Å². The normalized spacial score (nSPS) is 14.6. The number of carbonyl (C=O) groups excluding carboxylic acids is 2. The molecule has 0 spiro atoms. The van der Waals surface area contributed by atoms with Gasteiger partial charge in [0, 0.05) is 30.3 Å². The van der Waals surface area contributed by atoms with Crippen molar-refractivity contribution < 1.29 is 9.59 Å². The summed E-state index contributed by atoms with van der Waals surface area (Å²) in [6.45, 7) is 1.19. The van der Waals surface area contributed by atoms with Gasteiger partial charge in [-0.1, -0.05) is 29.8 Å². The van der Waals surface area contributed by atoms with Crippen LogP contribution < -0.4 is 5.32 Å². The molecule has 4 aromatic rings. The Labute approximate surface area is 194 Å². The average Bonchev–Trinajstić information content (AvgIpc) is 3.49. The SMILES string of the molecule is O=C(Nc1ccc2nc(-c3ccccc3Cl)[nH]c2c1)C1CCN(C(=O)c2cccs2)CC1. The summed E-state index contributed by atoms with van der Waals surface area (Å²) >= 11 is 7.74.